The molecule has 31 heavy (non-hydrogen) atoms. The molecule has 2 aromatic rings. The molecule has 1 aromatic heterocycles. The van der Waals surface area contributed by atoms with Gasteiger partial charge in [-0.1, -0.05) is 26.0 Å². The van der Waals surface area contributed by atoms with E-state index >= 15 is 0 Å². The van der Waals surface area contributed by atoms with E-state index in [0.29, 0.717) is 44.3 Å². The lowest BCUT2D eigenvalue weighted by Gasteiger charge is -2.39. The highest BCUT2D eigenvalue weighted by Crippen LogP contribution is 2.25. The molecule has 0 saturated carbocycles. The molecular weight excluding hydrogens is 399 g/mol. The zero-order valence-corrected chi connectivity index (χ0v) is 18.1. The fraction of sp³-hybridized carbons (Fsp3) is 0.478. The number of hydrogen-bond donors (Lipinski definition) is 2. The number of nitrogens with zero attached hydrogens (tertiary/aromatic N) is 2. The SMILES string of the molecule is CC(C)CCNC(=O)C(=O)NC[C@H](c1ccco1)N1CCN(c2ccccc2F)CC1. The van der Waals surface area contributed by atoms with Gasteiger partial charge in [-0.05, 0) is 36.6 Å². The number of para-hydroxylation sites is 1. The van der Waals surface area contributed by atoms with Crippen molar-refractivity contribution in [2.45, 2.75) is 26.3 Å². The van der Waals surface area contributed by atoms with Crippen LogP contribution in [0.2, 0.25) is 0 Å². The lowest BCUT2D eigenvalue weighted by molar-refractivity contribution is -0.139. The van der Waals surface area contributed by atoms with Crippen LogP contribution in [0, 0.1) is 11.7 Å². The number of carbonyl (C=O) groups excluding carboxylic acids is 2. The van der Waals surface area contributed by atoms with Crippen molar-refractivity contribution in [1.82, 2.24) is 15.5 Å². The highest BCUT2D eigenvalue weighted by molar-refractivity contribution is 6.35. The molecule has 7 nitrogen and oxygen atoms in total. The number of amides is 2. The van der Waals surface area contributed by atoms with Crippen LogP contribution in [0.25, 0.3) is 0 Å². The molecule has 3 rings (SSSR count). The molecule has 1 saturated heterocycles. The van der Waals surface area contributed by atoms with E-state index in [1.807, 2.05) is 17.0 Å². The summed E-state index contributed by atoms with van der Waals surface area (Å²) in [4.78, 5) is 28.5. The standard InChI is InChI=1S/C23H31FN4O3/c1-17(2)9-10-25-22(29)23(30)26-16-20(21-8-5-15-31-21)28-13-11-27(12-14-28)19-7-4-3-6-18(19)24/h3-8,15,17,20H,9-14,16H2,1-2H3,(H,25,29)(H,26,30)/t20-/m1/s1. The first kappa shape index (κ1) is 22.8. The molecule has 0 unspecified atom stereocenters. The average Bonchev–Trinajstić information content (AvgIpc) is 3.29. The zero-order chi connectivity index (χ0) is 22.2. The Labute approximate surface area is 182 Å². The van der Waals surface area contributed by atoms with Gasteiger partial charge in [-0.25, -0.2) is 4.39 Å². The van der Waals surface area contributed by atoms with E-state index in [9.17, 15) is 14.0 Å². The minimum absolute atomic E-state index is 0.204. The smallest absolute Gasteiger partial charge is 0.309 e. The van der Waals surface area contributed by atoms with Gasteiger partial charge in [0.1, 0.15) is 11.6 Å². The lowest BCUT2D eigenvalue weighted by atomic mass is 10.1. The van der Waals surface area contributed by atoms with E-state index < -0.39 is 11.8 Å². The number of rotatable bonds is 8. The predicted molar refractivity (Wildman–Crippen MR) is 117 cm³/mol. The molecular formula is C23H31FN4O3. The van der Waals surface area contributed by atoms with Gasteiger partial charge in [-0.2, -0.15) is 0 Å². The third kappa shape index (κ3) is 6.30. The summed E-state index contributed by atoms with van der Waals surface area (Å²) in [6.07, 6.45) is 2.42. The van der Waals surface area contributed by atoms with E-state index in [0.717, 1.165) is 12.2 Å². The molecule has 2 amide bonds. The Morgan fingerprint density at radius 3 is 2.39 bits per heavy atom. The number of nitrogens with one attached hydrogen (secondary N) is 2. The molecule has 0 radical (unpaired) electrons. The first-order valence-electron chi connectivity index (χ1n) is 10.8. The number of benzene rings is 1. The van der Waals surface area contributed by atoms with Gasteiger partial charge in [-0.15, -0.1) is 0 Å². The van der Waals surface area contributed by atoms with Gasteiger partial charge < -0.3 is 20.0 Å². The molecule has 168 valence electrons. The summed E-state index contributed by atoms with van der Waals surface area (Å²) in [5.41, 5.74) is 0.600. The maximum atomic E-state index is 14.1. The van der Waals surface area contributed by atoms with Crippen LogP contribution >= 0.6 is 0 Å². The Balaban J connectivity index is 1.56. The first-order chi connectivity index (χ1) is 15.0. The molecule has 2 N–H and O–H groups in total. The van der Waals surface area contributed by atoms with E-state index in [4.69, 9.17) is 4.42 Å². The van der Waals surface area contributed by atoms with Crippen molar-refractivity contribution in [1.29, 1.82) is 0 Å². The van der Waals surface area contributed by atoms with Crippen LogP contribution in [0.1, 0.15) is 32.1 Å². The number of anilines is 1. The van der Waals surface area contributed by atoms with Gasteiger partial charge in [0.2, 0.25) is 0 Å². The van der Waals surface area contributed by atoms with E-state index in [1.165, 1.54) is 6.07 Å². The molecule has 0 aliphatic carbocycles. The minimum Gasteiger partial charge on any atom is -0.468 e. The Kier molecular flexibility index (Phi) is 8.06. The van der Waals surface area contributed by atoms with Gasteiger partial charge in [-0.3, -0.25) is 14.5 Å². The second-order valence-electron chi connectivity index (χ2n) is 8.15. The third-order valence-corrected chi connectivity index (χ3v) is 5.49. The van der Waals surface area contributed by atoms with Crippen molar-refractivity contribution in [2.75, 3.05) is 44.2 Å². The van der Waals surface area contributed by atoms with Crippen molar-refractivity contribution in [2.24, 2.45) is 5.92 Å². The molecule has 1 aromatic carbocycles. The van der Waals surface area contributed by atoms with Crippen LogP contribution in [0.4, 0.5) is 10.1 Å². The topological polar surface area (TPSA) is 77.8 Å². The van der Waals surface area contributed by atoms with E-state index in [1.54, 1.807) is 24.5 Å². The molecule has 0 spiro atoms. The number of furan rings is 1. The largest absolute Gasteiger partial charge is 0.468 e. The fourth-order valence-corrected chi connectivity index (χ4v) is 3.70. The predicted octanol–water partition coefficient (Wildman–Crippen LogP) is 2.56. The quantitative estimate of drug-likeness (QED) is 0.630. The second kappa shape index (κ2) is 10.9. The van der Waals surface area contributed by atoms with Crippen molar-refractivity contribution >= 4 is 17.5 Å². The Bertz CT molecular complexity index is 848. The fourth-order valence-electron chi connectivity index (χ4n) is 3.70. The monoisotopic (exact) mass is 430 g/mol. The van der Waals surface area contributed by atoms with Gasteiger partial charge >= 0.3 is 11.8 Å². The maximum absolute atomic E-state index is 14.1. The number of carbonyl (C=O) groups is 2. The van der Waals surface area contributed by atoms with Gasteiger partial charge in [0.25, 0.3) is 0 Å². The second-order valence-corrected chi connectivity index (χ2v) is 8.15. The Hall–Kier alpha value is -2.87. The van der Waals surface area contributed by atoms with Crippen LogP contribution in [0.5, 0.6) is 0 Å². The molecule has 1 atom stereocenters. The normalized spacial score (nSPS) is 15.7. The van der Waals surface area contributed by atoms with Crippen molar-refractivity contribution < 1.29 is 18.4 Å². The number of halogens is 1. The highest BCUT2D eigenvalue weighted by atomic mass is 19.1. The molecule has 0 bridgehead atoms. The van der Waals surface area contributed by atoms with Crippen LogP contribution in [-0.4, -0.2) is 56.0 Å². The van der Waals surface area contributed by atoms with Crippen LogP contribution in [0.15, 0.2) is 47.1 Å². The summed E-state index contributed by atoms with van der Waals surface area (Å²) in [6.45, 7) is 7.52. The average molecular weight is 431 g/mol. The summed E-state index contributed by atoms with van der Waals surface area (Å²) in [6, 6.07) is 10.2. The number of piperazine rings is 1. The van der Waals surface area contributed by atoms with Crippen LogP contribution in [0.3, 0.4) is 0 Å². The molecule has 1 aliphatic rings. The van der Waals surface area contributed by atoms with E-state index in [-0.39, 0.29) is 18.4 Å². The zero-order valence-electron chi connectivity index (χ0n) is 18.1. The summed E-state index contributed by atoms with van der Waals surface area (Å²) < 4.78 is 19.7. The summed E-state index contributed by atoms with van der Waals surface area (Å²) in [5, 5.41) is 5.38. The van der Waals surface area contributed by atoms with Crippen LogP contribution in [-0.2, 0) is 9.59 Å². The van der Waals surface area contributed by atoms with Gasteiger partial charge in [0, 0.05) is 39.3 Å². The van der Waals surface area contributed by atoms with Gasteiger partial charge in [0.05, 0.1) is 18.0 Å². The van der Waals surface area contributed by atoms with Crippen molar-refractivity contribution in [3.63, 3.8) is 0 Å². The minimum atomic E-state index is -0.648. The highest BCUT2D eigenvalue weighted by Gasteiger charge is 2.28. The molecule has 1 aliphatic heterocycles. The Morgan fingerprint density at radius 2 is 1.74 bits per heavy atom. The van der Waals surface area contributed by atoms with Crippen molar-refractivity contribution in [3.8, 4) is 0 Å². The summed E-state index contributed by atoms with van der Waals surface area (Å²) in [5.74, 6) is -0.322. The van der Waals surface area contributed by atoms with Crippen molar-refractivity contribution in [3.05, 3.63) is 54.2 Å². The third-order valence-electron chi connectivity index (χ3n) is 5.49. The maximum Gasteiger partial charge on any atom is 0.309 e. The lowest BCUT2D eigenvalue weighted by Crippen LogP contribution is -2.51. The number of hydrogen-bond acceptors (Lipinski definition) is 5. The molecule has 1 fully saturated rings. The molecule has 8 heteroatoms. The Morgan fingerprint density at radius 1 is 1.03 bits per heavy atom. The van der Waals surface area contributed by atoms with Gasteiger partial charge in [0.15, 0.2) is 0 Å². The van der Waals surface area contributed by atoms with Crippen LogP contribution < -0.4 is 15.5 Å². The molecule has 2 heterocycles. The summed E-state index contributed by atoms with van der Waals surface area (Å²) in [7, 11) is 0. The summed E-state index contributed by atoms with van der Waals surface area (Å²) >= 11 is 0. The first-order valence-corrected chi connectivity index (χ1v) is 10.8. The van der Waals surface area contributed by atoms with E-state index in [2.05, 4.69) is 29.4 Å².